The van der Waals surface area contributed by atoms with Gasteiger partial charge in [-0.1, -0.05) is 45.0 Å². The number of thiazole rings is 1. The first-order valence-corrected chi connectivity index (χ1v) is 17.1. The summed E-state index contributed by atoms with van der Waals surface area (Å²) < 4.78 is 0. The molecule has 0 spiro atoms. The quantitative estimate of drug-likeness (QED) is 0.264. The topological polar surface area (TPSA) is 165 Å². The van der Waals surface area contributed by atoms with Crippen molar-refractivity contribution < 1.29 is 29.4 Å². The monoisotopic (exact) mass is 676 g/mol. The van der Waals surface area contributed by atoms with E-state index < -0.39 is 41.4 Å². The van der Waals surface area contributed by atoms with Crippen LogP contribution in [0.2, 0.25) is 0 Å². The Hall–Kier alpha value is -4.36. The van der Waals surface area contributed by atoms with E-state index in [4.69, 9.17) is 0 Å². The number of rotatable bonds is 9. The molecule has 4 heterocycles. The van der Waals surface area contributed by atoms with Crippen LogP contribution in [0.1, 0.15) is 74.7 Å². The van der Waals surface area contributed by atoms with Gasteiger partial charge in [0.25, 0.3) is 5.91 Å². The highest BCUT2D eigenvalue weighted by atomic mass is 32.1. The molecule has 13 heteroatoms. The molecule has 2 saturated heterocycles. The highest BCUT2D eigenvalue weighted by molar-refractivity contribution is 7.13. The van der Waals surface area contributed by atoms with Crippen LogP contribution >= 0.6 is 11.3 Å². The summed E-state index contributed by atoms with van der Waals surface area (Å²) in [7, 11) is 0. The maximum Gasteiger partial charge on any atom is 0.306 e. The summed E-state index contributed by atoms with van der Waals surface area (Å²) in [6.07, 6.45) is 1.86. The predicted molar refractivity (Wildman–Crippen MR) is 182 cm³/mol. The van der Waals surface area contributed by atoms with Gasteiger partial charge in [-0.2, -0.15) is 0 Å². The van der Waals surface area contributed by atoms with Crippen LogP contribution in [0.5, 0.6) is 0 Å². The van der Waals surface area contributed by atoms with E-state index in [2.05, 4.69) is 20.6 Å². The van der Waals surface area contributed by atoms with Crippen molar-refractivity contribution in [3.05, 3.63) is 65.1 Å². The third kappa shape index (κ3) is 7.84. The van der Waals surface area contributed by atoms with Crippen molar-refractivity contribution >= 4 is 40.7 Å². The number of aliphatic carboxylic acids is 1. The second-order valence-corrected chi connectivity index (χ2v) is 14.6. The summed E-state index contributed by atoms with van der Waals surface area (Å²) in [6.45, 7) is 10.5. The number of nitrogens with zero attached hydrogens (tertiary/aromatic N) is 4. The number of aliphatic hydroxyl groups is 1. The van der Waals surface area contributed by atoms with Gasteiger partial charge < -0.3 is 30.6 Å². The number of aromatic nitrogens is 2. The fourth-order valence-corrected chi connectivity index (χ4v) is 7.12. The molecule has 0 saturated carbocycles. The lowest BCUT2D eigenvalue weighted by Gasteiger charge is -2.35. The molecular weight excluding hydrogens is 632 g/mol. The van der Waals surface area contributed by atoms with E-state index in [0.29, 0.717) is 25.9 Å². The Morgan fingerprint density at radius 1 is 1.00 bits per heavy atom. The molecule has 2 aliphatic heterocycles. The van der Waals surface area contributed by atoms with E-state index in [9.17, 15) is 29.4 Å². The standard InChI is InChI=1S/C35H44N6O6S/c1-20(22-6-8-23(9-7-22)29-21(2)37-19-48-29)38-32(44)28-16-26(42)18-41(28)33(45)30(35(3,4)5)39-31(43)27-11-10-25(17-36-27)40-14-12-24(13-15-40)34(46)47/h6-11,17,19-20,24,26,28,30,42H,12-16,18H2,1-5H3,(H,38,44)(H,39,43)(H,46,47)/t20?,26-,28+,30?/m1/s1. The van der Waals surface area contributed by atoms with Crippen molar-refractivity contribution in [2.24, 2.45) is 11.3 Å². The van der Waals surface area contributed by atoms with Crippen molar-refractivity contribution in [2.75, 3.05) is 24.5 Å². The van der Waals surface area contributed by atoms with Crippen molar-refractivity contribution in [1.82, 2.24) is 25.5 Å². The van der Waals surface area contributed by atoms with E-state index in [1.807, 2.05) is 69.3 Å². The molecule has 3 amide bonds. The van der Waals surface area contributed by atoms with Gasteiger partial charge in [0.2, 0.25) is 11.8 Å². The SMILES string of the molecule is Cc1ncsc1-c1ccc(C(C)NC(=O)[C@@H]2C[C@@H](O)CN2C(=O)C(NC(=O)c2ccc(N3CCC(C(=O)O)CC3)cn2)C(C)(C)C)cc1. The van der Waals surface area contributed by atoms with E-state index in [0.717, 1.165) is 27.4 Å². The number of hydrogen-bond acceptors (Lipinski definition) is 9. The molecule has 4 atom stereocenters. The lowest BCUT2D eigenvalue weighted by Crippen LogP contribution is -2.58. The first-order chi connectivity index (χ1) is 22.7. The number of carboxylic acids is 1. The van der Waals surface area contributed by atoms with Crippen molar-refractivity contribution in [1.29, 1.82) is 0 Å². The number of carbonyl (C=O) groups excluding carboxylic acids is 3. The second-order valence-electron chi connectivity index (χ2n) is 13.8. The van der Waals surface area contributed by atoms with Crippen molar-refractivity contribution in [3.8, 4) is 10.4 Å². The Morgan fingerprint density at radius 3 is 2.25 bits per heavy atom. The maximum atomic E-state index is 14.0. The fourth-order valence-electron chi connectivity index (χ4n) is 6.31. The summed E-state index contributed by atoms with van der Waals surface area (Å²) >= 11 is 1.57. The molecule has 3 aromatic rings. The average molecular weight is 677 g/mol. The molecule has 5 rings (SSSR count). The molecule has 0 bridgehead atoms. The largest absolute Gasteiger partial charge is 0.481 e. The number of nitrogens with one attached hydrogen (secondary N) is 2. The number of aryl methyl sites for hydroxylation is 1. The Morgan fingerprint density at radius 2 is 1.69 bits per heavy atom. The zero-order valence-electron chi connectivity index (χ0n) is 28.0. The van der Waals surface area contributed by atoms with Gasteiger partial charge in [0.1, 0.15) is 17.8 Å². The minimum atomic E-state index is -0.998. The number of benzene rings is 1. The van der Waals surface area contributed by atoms with Gasteiger partial charge in [0.15, 0.2) is 0 Å². The van der Waals surface area contributed by atoms with Crippen LogP contribution in [0.25, 0.3) is 10.4 Å². The number of amides is 3. The highest BCUT2D eigenvalue weighted by Crippen LogP contribution is 2.30. The summed E-state index contributed by atoms with van der Waals surface area (Å²) in [4.78, 5) is 65.4. The van der Waals surface area contributed by atoms with Gasteiger partial charge in [-0.15, -0.1) is 11.3 Å². The molecule has 2 aromatic heterocycles. The van der Waals surface area contributed by atoms with Crippen LogP contribution in [-0.4, -0.2) is 86.6 Å². The van der Waals surface area contributed by atoms with Crippen LogP contribution in [-0.2, 0) is 14.4 Å². The van der Waals surface area contributed by atoms with E-state index >= 15 is 0 Å². The highest BCUT2D eigenvalue weighted by Gasteiger charge is 2.45. The summed E-state index contributed by atoms with van der Waals surface area (Å²) in [5.41, 5.74) is 4.92. The van der Waals surface area contributed by atoms with E-state index in [1.165, 1.54) is 4.90 Å². The number of carboxylic acid groups (broad SMARTS) is 1. The van der Waals surface area contributed by atoms with Crippen molar-refractivity contribution in [2.45, 2.75) is 78.1 Å². The van der Waals surface area contributed by atoms with E-state index in [-0.39, 0.29) is 36.5 Å². The third-order valence-corrected chi connectivity index (χ3v) is 10.2. The van der Waals surface area contributed by atoms with Crippen LogP contribution in [0, 0.1) is 18.3 Å². The Labute approximate surface area is 284 Å². The molecule has 256 valence electrons. The molecule has 1 aromatic carbocycles. The minimum absolute atomic E-state index is 0.0256. The normalized spacial score (nSPS) is 19.9. The molecule has 2 fully saturated rings. The van der Waals surface area contributed by atoms with Gasteiger partial charge in [0.05, 0.1) is 46.0 Å². The molecule has 48 heavy (non-hydrogen) atoms. The number of carbonyl (C=O) groups is 4. The summed E-state index contributed by atoms with van der Waals surface area (Å²) in [5.74, 6) is -2.50. The van der Waals surface area contributed by atoms with E-state index in [1.54, 1.807) is 29.7 Å². The molecule has 2 unspecified atom stereocenters. The first kappa shape index (κ1) is 35.0. The molecule has 12 nitrogen and oxygen atoms in total. The predicted octanol–water partition coefficient (Wildman–Crippen LogP) is 3.80. The number of likely N-dealkylation sites (tertiary alicyclic amines) is 1. The summed E-state index contributed by atoms with van der Waals surface area (Å²) in [6, 6.07) is 9.01. The molecule has 4 N–H and O–H groups in total. The van der Waals surface area contributed by atoms with Gasteiger partial charge in [0, 0.05) is 26.1 Å². The average Bonchev–Trinajstić information content (AvgIpc) is 3.68. The Kier molecular flexibility index (Phi) is 10.5. The van der Waals surface area contributed by atoms with Crippen molar-refractivity contribution in [3.63, 3.8) is 0 Å². The van der Waals surface area contributed by atoms with Crippen LogP contribution in [0.15, 0.2) is 48.1 Å². The minimum Gasteiger partial charge on any atom is -0.481 e. The Balaban J connectivity index is 1.24. The zero-order chi connectivity index (χ0) is 34.7. The number of anilines is 1. The first-order valence-electron chi connectivity index (χ1n) is 16.3. The number of pyridine rings is 1. The molecule has 0 aliphatic carbocycles. The zero-order valence-corrected chi connectivity index (χ0v) is 28.8. The number of hydrogen-bond donors (Lipinski definition) is 4. The fraction of sp³-hybridized carbons (Fsp3) is 0.486. The number of aliphatic hydroxyl groups excluding tert-OH is 1. The van der Waals surface area contributed by atoms with Crippen LogP contribution in [0.3, 0.4) is 0 Å². The second kappa shape index (κ2) is 14.4. The van der Waals surface area contributed by atoms with Gasteiger partial charge in [-0.3, -0.25) is 19.2 Å². The van der Waals surface area contributed by atoms with Gasteiger partial charge >= 0.3 is 5.97 Å². The number of piperidine rings is 1. The van der Waals surface area contributed by atoms with Gasteiger partial charge in [-0.05, 0) is 55.4 Å². The smallest absolute Gasteiger partial charge is 0.306 e. The summed E-state index contributed by atoms with van der Waals surface area (Å²) in [5, 5.41) is 25.7. The molecular formula is C35H44N6O6S. The number of β-amino-alcohol motifs (C(OH)–C–C–N with tert-alkyl or cyclic N) is 1. The van der Waals surface area contributed by atoms with Gasteiger partial charge in [-0.25, -0.2) is 9.97 Å². The molecule has 0 radical (unpaired) electrons. The van der Waals surface area contributed by atoms with Crippen LogP contribution in [0.4, 0.5) is 5.69 Å². The molecule has 2 aliphatic rings. The van der Waals surface area contributed by atoms with Crippen LogP contribution < -0.4 is 15.5 Å². The lowest BCUT2D eigenvalue weighted by atomic mass is 9.85. The maximum absolute atomic E-state index is 14.0. The third-order valence-electron chi connectivity index (χ3n) is 9.22. The Bertz CT molecular complexity index is 1630. The lowest BCUT2D eigenvalue weighted by molar-refractivity contribution is -0.142.